The fourth-order valence-corrected chi connectivity index (χ4v) is 5.10. The Bertz CT molecular complexity index is 1590. The first-order valence-electron chi connectivity index (χ1n) is 11.6. The number of aromatic nitrogens is 1. The average Bonchev–Trinajstić information content (AvgIpc) is 3.14. The van der Waals surface area contributed by atoms with Gasteiger partial charge in [0.15, 0.2) is 16.3 Å². The Hall–Kier alpha value is -4.05. The number of allylic oxidation sites excluding steroid dienone is 1. The highest BCUT2D eigenvalue weighted by Crippen LogP contribution is 2.32. The molecule has 2 aromatic carbocycles. The van der Waals surface area contributed by atoms with Crippen LogP contribution in [0.15, 0.2) is 63.5 Å². The molecule has 0 N–H and O–H groups in total. The van der Waals surface area contributed by atoms with E-state index in [1.165, 1.54) is 23.6 Å². The first-order chi connectivity index (χ1) is 17.7. The van der Waals surface area contributed by atoms with Crippen LogP contribution < -0.4 is 24.4 Å². The molecule has 0 bridgehead atoms. The van der Waals surface area contributed by atoms with Crippen LogP contribution in [0.4, 0.5) is 4.39 Å². The van der Waals surface area contributed by atoms with E-state index in [0.717, 1.165) is 11.3 Å². The van der Waals surface area contributed by atoms with E-state index in [0.29, 0.717) is 33.0 Å². The summed E-state index contributed by atoms with van der Waals surface area (Å²) >= 11 is 1.12. The fraction of sp³-hybridized carbons (Fsp3) is 0.259. The lowest BCUT2D eigenvalue weighted by atomic mass is 9.95. The summed E-state index contributed by atoms with van der Waals surface area (Å²) in [7, 11) is 0. The second-order valence-corrected chi connectivity index (χ2v) is 9.07. The SMILES string of the molecule is CCOC(=O)C1=C(C)N=c2s/c(=C\c3ccc(OC(C)=O)c(OCC)c3)c(=O)n2[C@H]1c1ccccc1F. The summed E-state index contributed by atoms with van der Waals surface area (Å²) in [5, 5.41) is 0. The monoisotopic (exact) mass is 524 g/mol. The van der Waals surface area contributed by atoms with Crippen molar-refractivity contribution in [3.05, 3.63) is 90.4 Å². The van der Waals surface area contributed by atoms with Gasteiger partial charge in [0.1, 0.15) is 11.9 Å². The van der Waals surface area contributed by atoms with E-state index in [2.05, 4.69) is 4.99 Å². The predicted molar refractivity (Wildman–Crippen MR) is 136 cm³/mol. The molecule has 10 heteroatoms. The molecule has 1 aliphatic heterocycles. The van der Waals surface area contributed by atoms with Gasteiger partial charge in [-0.2, -0.15) is 0 Å². The largest absolute Gasteiger partial charge is 0.490 e. The minimum Gasteiger partial charge on any atom is -0.490 e. The first kappa shape index (κ1) is 26.0. The topological polar surface area (TPSA) is 96.2 Å². The number of carbonyl (C=O) groups excluding carboxylic acids is 2. The third-order valence-electron chi connectivity index (χ3n) is 5.54. The van der Waals surface area contributed by atoms with Gasteiger partial charge in [0.2, 0.25) is 0 Å². The van der Waals surface area contributed by atoms with E-state index >= 15 is 0 Å². The van der Waals surface area contributed by atoms with Crippen molar-refractivity contribution in [1.82, 2.24) is 4.57 Å². The van der Waals surface area contributed by atoms with Crippen molar-refractivity contribution in [3.8, 4) is 11.5 Å². The van der Waals surface area contributed by atoms with Gasteiger partial charge in [-0.05, 0) is 50.6 Å². The molecule has 8 nitrogen and oxygen atoms in total. The van der Waals surface area contributed by atoms with Crippen LogP contribution in [0.2, 0.25) is 0 Å². The molecule has 0 spiro atoms. The van der Waals surface area contributed by atoms with Gasteiger partial charge in [0.25, 0.3) is 5.56 Å². The molecule has 37 heavy (non-hydrogen) atoms. The number of ether oxygens (including phenoxy) is 3. The molecule has 1 aliphatic rings. The van der Waals surface area contributed by atoms with Crippen molar-refractivity contribution < 1.29 is 28.2 Å². The quantitative estimate of drug-likeness (QED) is 0.348. The standard InChI is InChI=1S/C27H25FN2O6S/c1-5-34-21-13-17(11-12-20(21)36-16(4)31)14-22-25(32)30-24(18-9-7-8-10-19(18)28)23(26(33)35-6-2)15(3)29-27(30)37-22/h7-14,24H,5-6H2,1-4H3/b22-14-/t24-/m0/s1. The first-order valence-corrected chi connectivity index (χ1v) is 12.5. The van der Waals surface area contributed by atoms with Crippen LogP contribution in [0.1, 0.15) is 44.9 Å². The third kappa shape index (κ3) is 5.24. The van der Waals surface area contributed by atoms with E-state index in [9.17, 15) is 18.8 Å². The van der Waals surface area contributed by atoms with Crippen LogP contribution in [0.25, 0.3) is 6.08 Å². The smallest absolute Gasteiger partial charge is 0.338 e. The molecular formula is C27H25FN2O6S. The van der Waals surface area contributed by atoms with Crippen molar-refractivity contribution in [2.45, 2.75) is 33.7 Å². The molecule has 192 valence electrons. The molecule has 1 aromatic heterocycles. The number of nitrogens with zero attached hydrogens (tertiary/aromatic N) is 2. The number of hydrogen-bond acceptors (Lipinski definition) is 8. The molecular weight excluding hydrogens is 499 g/mol. The van der Waals surface area contributed by atoms with Crippen LogP contribution in [0, 0.1) is 5.82 Å². The Morgan fingerprint density at radius 1 is 1.14 bits per heavy atom. The summed E-state index contributed by atoms with van der Waals surface area (Å²) in [5.41, 5.74) is 0.803. The molecule has 2 heterocycles. The van der Waals surface area contributed by atoms with Gasteiger partial charge in [-0.3, -0.25) is 14.2 Å². The zero-order valence-electron chi connectivity index (χ0n) is 20.7. The highest BCUT2D eigenvalue weighted by atomic mass is 32.1. The number of rotatable bonds is 7. The number of carbonyl (C=O) groups is 2. The summed E-state index contributed by atoms with van der Waals surface area (Å²) in [4.78, 5) is 42.8. The van der Waals surface area contributed by atoms with Crippen LogP contribution in [0.5, 0.6) is 11.5 Å². The number of benzene rings is 2. The van der Waals surface area contributed by atoms with Gasteiger partial charge in [-0.15, -0.1) is 0 Å². The maximum Gasteiger partial charge on any atom is 0.338 e. The lowest BCUT2D eigenvalue weighted by Gasteiger charge is -2.24. The van der Waals surface area contributed by atoms with Gasteiger partial charge in [0, 0.05) is 12.5 Å². The van der Waals surface area contributed by atoms with Gasteiger partial charge in [-0.25, -0.2) is 14.2 Å². The van der Waals surface area contributed by atoms with Crippen molar-refractivity contribution in [3.63, 3.8) is 0 Å². The van der Waals surface area contributed by atoms with Crippen LogP contribution in [-0.4, -0.2) is 29.7 Å². The molecule has 0 radical (unpaired) electrons. The van der Waals surface area contributed by atoms with Crippen molar-refractivity contribution >= 4 is 29.4 Å². The van der Waals surface area contributed by atoms with Crippen LogP contribution in [0.3, 0.4) is 0 Å². The van der Waals surface area contributed by atoms with Crippen LogP contribution >= 0.6 is 11.3 Å². The zero-order valence-corrected chi connectivity index (χ0v) is 21.6. The third-order valence-corrected chi connectivity index (χ3v) is 6.52. The maximum absolute atomic E-state index is 15.0. The summed E-state index contributed by atoms with van der Waals surface area (Å²) in [6.45, 7) is 6.87. The summed E-state index contributed by atoms with van der Waals surface area (Å²) in [5.74, 6) is -1.08. The number of esters is 2. The van der Waals surface area contributed by atoms with Gasteiger partial charge in [-0.1, -0.05) is 35.6 Å². The minimum atomic E-state index is -1.04. The Labute approximate surface area is 215 Å². The van der Waals surface area contributed by atoms with Gasteiger partial charge in [0.05, 0.1) is 29.0 Å². The fourth-order valence-electron chi connectivity index (χ4n) is 4.06. The normalized spacial score (nSPS) is 15.2. The van der Waals surface area contributed by atoms with Gasteiger partial charge >= 0.3 is 11.9 Å². The molecule has 0 saturated heterocycles. The van der Waals surface area contributed by atoms with Crippen molar-refractivity contribution in [2.75, 3.05) is 13.2 Å². The Balaban J connectivity index is 1.90. The molecule has 0 aliphatic carbocycles. The number of thiazole rings is 1. The summed E-state index contributed by atoms with van der Waals surface area (Å²) in [6.07, 6.45) is 1.64. The molecule has 0 unspecified atom stereocenters. The Kier molecular flexibility index (Phi) is 7.68. The Morgan fingerprint density at radius 3 is 2.57 bits per heavy atom. The van der Waals surface area contributed by atoms with E-state index in [1.54, 1.807) is 57.2 Å². The molecule has 1 atom stereocenters. The molecule has 4 rings (SSSR count). The summed E-state index contributed by atoms with van der Waals surface area (Å²) < 4.78 is 32.6. The lowest BCUT2D eigenvalue weighted by Crippen LogP contribution is -2.40. The number of fused-ring (bicyclic) bond motifs is 1. The van der Waals surface area contributed by atoms with E-state index in [4.69, 9.17) is 14.2 Å². The molecule has 0 saturated carbocycles. The van der Waals surface area contributed by atoms with E-state index < -0.39 is 29.4 Å². The highest BCUT2D eigenvalue weighted by molar-refractivity contribution is 7.07. The summed E-state index contributed by atoms with van der Waals surface area (Å²) in [6, 6.07) is 9.89. The van der Waals surface area contributed by atoms with Gasteiger partial charge < -0.3 is 14.2 Å². The van der Waals surface area contributed by atoms with E-state index in [-0.39, 0.29) is 23.5 Å². The van der Waals surface area contributed by atoms with Crippen molar-refractivity contribution in [1.29, 1.82) is 0 Å². The molecule has 0 amide bonds. The zero-order chi connectivity index (χ0) is 26.7. The predicted octanol–water partition coefficient (Wildman–Crippen LogP) is 3.26. The van der Waals surface area contributed by atoms with Crippen LogP contribution in [-0.2, 0) is 14.3 Å². The maximum atomic E-state index is 15.0. The van der Waals surface area contributed by atoms with Crippen molar-refractivity contribution in [2.24, 2.45) is 4.99 Å². The number of halogens is 1. The Morgan fingerprint density at radius 2 is 1.89 bits per heavy atom. The average molecular weight is 525 g/mol. The highest BCUT2D eigenvalue weighted by Gasteiger charge is 2.34. The van der Waals surface area contributed by atoms with E-state index in [1.807, 2.05) is 0 Å². The number of hydrogen-bond donors (Lipinski definition) is 0. The minimum absolute atomic E-state index is 0.107. The molecule has 3 aromatic rings. The second kappa shape index (κ2) is 10.9. The molecule has 0 fully saturated rings. The lowest BCUT2D eigenvalue weighted by molar-refractivity contribution is -0.139. The second-order valence-electron chi connectivity index (χ2n) is 8.06.